The molecule has 8 heteroatoms. The van der Waals surface area contributed by atoms with Gasteiger partial charge in [-0.05, 0) is 32.0 Å². The Morgan fingerprint density at radius 2 is 1.70 bits per heavy atom. The number of nitrogens with zero attached hydrogens (tertiary/aromatic N) is 2. The summed E-state index contributed by atoms with van der Waals surface area (Å²) >= 11 is 0. The van der Waals surface area contributed by atoms with Crippen LogP contribution in [0.25, 0.3) is 22.4 Å². The molecule has 0 aliphatic rings. The van der Waals surface area contributed by atoms with Gasteiger partial charge in [0.1, 0.15) is 5.58 Å². The molecule has 0 saturated heterocycles. The standard InChI is InChI=1S/C22H20N4O4/c1-13-7-9-15(10-8-13)22-26-24-19(30-22)12-11-18(27)23-25-21(28)20-14(2)16-5-3-4-6-17(16)29-20/h3-10H,11-12H2,1-2H3,(H,23,27)(H,25,28). The zero-order valence-corrected chi connectivity index (χ0v) is 16.6. The van der Waals surface area contributed by atoms with Crippen molar-refractivity contribution < 1.29 is 18.4 Å². The van der Waals surface area contributed by atoms with Crippen molar-refractivity contribution in [2.75, 3.05) is 0 Å². The number of carbonyl (C=O) groups is 2. The average Bonchev–Trinajstić information content (AvgIpc) is 3.36. The van der Waals surface area contributed by atoms with Crippen LogP contribution in [0.15, 0.2) is 57.4 Å². The van der Waals surface area contributed by atoms with Gasteiger partial charge in [0, 0.05) is 29.4 Å². The molecule has 152 valence electrons. The molecule has 0 aliphatic heterocycles. The summed E-state index contributed by atoms with van der Waals surface area (Å²) in [6, 6.07) is 15.1. The molecule has 0 bridgehead atoms. The largest absolute Gasteiger partial charge is 0.451 e. The third kappa shape index (κ3) is 4.07. The third-order valence-electron chi connectivity index (χ3n) is 4.70. The summed E-state index contributed by atoms with van der Waals surface area (Å²) in [6.07, 6.45) is 0.332. The number of fused-ring (bicyclic) bond motifs is 1. The number of hydrazine groups is 1. The molecule has 0 saturated carbocycles. The van der Waals surface area contributed by atoms with Gasteiger partial charge < -0.3 is 8.83 Å². The summed E-state index contributed by atoms with van der Waals surface area (Å²) in [5.41, 5.74) is 8.04. The molecule has 2 aromatic carbocycles. The molecule has 0 aliphatic carbocycles. The van der Waals surface area contributed by atoms with Crippen molar-refractivity contribution in [3.8, 4) is 11.5 Å². The lowest BCUT2D eigenvalue weighted by atomic mass is 10.1. The molecule has 2 amide bonds. The quantitative estimate of drug-likeness (QED) is 0.493. The van der Waals surface area contributed by atoms with Gasteiger partial charge in [-0.25, -0.2) is 0 Å². The Labute approximate surface area is 172 Å². The first kappa shape index (κ1) is 19.4. The van der Waals surface area contributed by atoms with E-state index in [-0.39, 0.29) is 24.5 Å². The normalized spacial score (nSPS) is 10.9. The van der Waals surface area contributed by atoms with E-state index in [2.05, 4.69) is 21.0 Å². The van der Waals surface area contributed by atoms with Crippen LogP contribution in [0.3, 0.4) is 0 Å². The van der Waals surface area contributed by atoms with Crippen molar-refractivity contribution in [3.05, 3.63) is 71.3 Å². The van der Waals surface area contributed by atoms with Crippen molar-refractivity contribution in [1.29, 1.82) is 0 Å². The molecule has 2 heterocycles. The van der Waals surface area contributed by atoms with Gasteiger partial charge in [-0.3, -0.25) is 20.4 Å². The van der Waals surface area contributed by atoms with Crippen molar-refractivity contribution >= 4 is 22.8 Å². The van der Waals surface area contributed by atoms with Crippen LogP contribution < -0.4 is 10.9 Å². The lowest BCUT2D eigenvalue weighted by Crippen LogP contribution is -2.41. The highest BCUT2D eigenvalue weighted by molar-refractivity contribution is 5.99. The Morgan fingerprint density at radius 1 is 0.933 bits per heavy atom. The summed E-state index contributed by atoms with van der Waals surface area (Å²) in [5, 5.41) is 8.83. The summed E-state index contributed by atoms with van der Waals surface area (Å²) < 4.78 is 11.2. The number of hydrogen-bond donors (Lipinski definition) is 2. The van der Waals surface area contributed by atoms with E-state index in [1.54, 1.807) is 13.0 Å². The van der Waals surface area contributed by atoms with Crippen molar-refractivity contribution in [2.24, 2.45) is 0 Å². The smallest absolute Gasteiger partial charge is 0.305 e. The molecular formula is C22H20N4O4. The number of carbonyl (C=O) groups excluding carboxylic acids is 2. The van der Waals surface area contributed by atoms with E-state index in [0.717, 1.165) is 16.5 Å². The van der Waals surface area contributed by atoms with Gasteiger partial charge in [-0.2, -0.15) is 0 Å². The second kappa shape index (κ2) is 8.20. The zero-order chi connectivity index (χ0) is 21.1. The van der Waals surface area contributed by atoms with Crippen LogP contribution >= 0.6 is 0 Å². The van der Waals surface area contributed by atoms with Crippen LogP contribution in [-0.4, -0.2) is 22.0 Å². The van der Waals surface area contributed by atoms with Crippen LogP contribution in [0, 0.1) is 13.8 Å². The summed E-state index contributed by atoms with van der Waals surface area (Å²) in [6.45, 7) is 3.79. The first-order valence-electron chi connectivity index (χ1n) is 9.48. The molecule has 30 heavy (non-hydrogen) atoms. The molecule has 8 nitrogen and oxygen atoms in total. The van der Waals surface area contributed by atoms with Crippen LogP contribution in [-0.2, 0) is 11.2 Å². The van der Waals surface area contributed by atoms with Crippen LogP contribution in [0.1, 0.15) is 34.0 Å². The van der Waals surface area contributed by atoms with Crippen LogP contribution in [0.2, 0.25) is 0 Å². The fourth-order valence-corrected chi connectivity index (χ4v) is 3.02. The fraction of sp³-hybridized carbons (Fsp3) is 0.182. The second-order valence-corrected chi connectivity index (χ2v) is 6.92. The van der Waals surface area contributed by atoms with E-state index in [1.165, 1.54) is 0 Å². The van der Waals surface area contributed by atoms with Gasteiger partial charge in [-0.1, -0.05) is 35.9 Å². The predicted molar refractivity (Wildman–Crippen MR) is 109 cm³/mol. The summed E-state index contributed by atoms with van der Waals surface area (Å²) in [5.74, 6) is 0.0130. The molecule has 0 unspecified atom stereocenters. The van der Waals surface area contributed by atoms with Crippen LogP contribution in [0.5, 0.6) is 0 Å². The van der Waals surface area contributed by atoms with E-state index in [4.69, 9.17) is 8.83 Å². The van der Waals surface area contributed by atoms with Gasteiger partial charge >= 0.3 is 5.91 Å². The minimum Gasteiger partial charge on any atom is -0.451 e. The third-order valence-corrected chi connectivity index (χ3v) is 4.70. The summed E-state index contributed by atoms with van der Waals surface area (Å²) in [4.78, 5) is 24.4. The highest BCUT2D eigenvalue weighted by atomic mass is 16.4. The molecular weight excluding hydrogens is 384 g/mol. The predicted octanol–water partition coefficient (Wildman–Crippen LogP) is 3.49. The van der Waals surface area contributed by atoms with Gasteiger partial charge in [-0.15, -0.1) is 10.2 Å². The first-order chi connectivity index (χ1) is 14.5. The Balaban J connectivity index is 1.30. The Morgan fingerprint density at radius 3 is 2.47 bits per heavy atom. The molecule has 2 N–H and O–H groups in total. The number of rotatable bonds is 5. The Kier molecular flexibility index (Phi) is 5.30. The fourth-order valence-electron chi connectivity index (χ4n) is 3.02. The van der Waals surface area contributed by atoms with E-state index >= 15 is 0 Å². The van der Waals surface area contributed by atoms with Crippen molar-refractivity contribution in [3.63, 3.8) is 0 Å². The van der Waals surface area contributed by atoms with Gasteiger partial charge in [0.05, 0.1) is 0 Å². The topological polar surface area (TPSA) is 110 Å². The number of aromatic nitrogens is 2. The van der Waals surface area contributed by atoms with E-state index in [9.17, 15) is 9.59 Å². The summed E-state index contributed by atoms with van der Waals surface area (Å²) in [7, 11) is 0. The monoisotopic (exact) mass is 404 g/mol. The molecule has 4 rings (SSSR count). The SMILES string of the molecule is Cc1ccc(-c2nnc(CCC(=O)NNC(=O)c3oc4ccccc4c3C)o2)cc1. The van der Waals surface area contributed by atoms with Gasteiger partial charge in [0.25, 0.3) is 0 Å². The molecule has 0 radical (unpaired) electrons. The maximum absolute atomic E-state index is 12.3. The zero-order valence-electron chi connectivity index (χ0n) is 16.6. The number of hydrogen-bond acceptors (Lipinski definition) is 6. The number of para-hydroxylation sites is 1. The molecule has 4 aromatic rings. The maximum atomic E-state index is 12.3. The van der Waals surface area contributed by atoms with Gasteiger partial charge in [0.15, 0.2) is 5.76 Å². The number of aryl methyl sites for hydroxylation is 3. The lowest BCUT2D eigenvalue weighted by molar-refractivity contribution is -0.121. The minimum absolute atomic E-state index is 0.0783. The molecule has 0 fully saturated rings. The van der Waals surface area contributed by atoms with Crippen LogP contribution in [0.4, 0.5) is 0 Å². The van der Waals surface area contributed by atoms with Crippen molar-refractivity contribution in [2.45, 2.75) is 26.7 Å². The molecule has 2 aromatic heterocycles. The van der Waals surface area contributed by atoms with E-state index < -0.39 is 5.91 Å². The second-order valence-electron chi connectivity index (χ2n) is 6.92. The molecule has 0 spiro atoms. The number of furan rings is 1. The highest BCUT2D eigenvalue weighted by Crippen LogP contribution is 2.24. The number of nitrogens with one attached hydrogen (secondary N) is 2. The van der Waals surface area contributed by atoms with Gasteiger partial charge in [0.2, 0.25) is 17.7 Å². The lowest BCUT2D eigenvalue weighted by Gasteiger charge is -2.05. The van der Waals surface area contributed by atoms with Crippen molar-refractivity contribution in [1.82, 2.24) is 21.0 Å². The van der Waals surface area contributed by atoms with E-state index in [1.807, 2.05) is 49.4 Å². The minimum atomic E-state index is -0.517. The molecule has 0 atom stereocenters. The Hall–Kier alpha value is -3.94. The first-order valence-corrected chi connectivity index (χ1v) is 9.48. The number of amides is 2. The van der Waals surface area contributed by atoms with E-state index in [0.29, 0.717) is 22.9 Å². The number of benzene rings is 2. The maximum Gasteiger partial charge on any atom is 0.305 e. The highest BCUT2D eigenvalue weighted by Gasteiger charge is 2.18. The average molecular weight is 404 g/mol. The Bertz CT molecular complexity index is 1210.